The first-order chi connectivity index (χ1) is 19.1. The van der Waals surface area contributed by atoms with E-state index in [2.05, 4.69) is 0 Å². The van der Waals surface area contributed by atoms with Crippen molar-refractivity contribution in [3.8, 4) is 17.2 Å². The normalized spacial score (nSPS) is 16.7. The van der Waals surface area contributed by atoms with Gasteiger partial charge in [0, 0.05) is 12.1 Å². The Balaban J connectivity index is 1.85. The number of hydrogen-bond acceptors (Lipinski definition) is 6. The van der Waals surface area contributed by atoms with Gasteiger partial charge in [0.25, 0.3) is 11.7 Å². The van der Waals surface area contributed by atoms with Crippen molar-refractivity contribution >= 4 is 17.4 Å². The van der Waals surface area contributed by atoms with Gasteiger partial charge in [0.1, 0.15) is 23.0 Å². The molecule has 40 heavy (non-hydrogen) atoms. The van der Waals surface area contributed by atoms with Crippen molar-refractivity contribution in [3.63, 3.8) is 0 Å². The average molecular weight is 543 g/mol. The van der Waals surface area contributed by atoms with Crippen molar-refractivity contribution in [1.29, 1.82) is 0 Å². The molecule has 1 saturated heterocycles. The zero-order valence-corrected chi connectivity index (χ0v) is 24.1. The van der Waals surface area contributed by atoms with Gasteiger partial charge in [-0.15, -0.1) is 0 Å². The van der Waals surface area contributed by atoms with Crippen molar-refractivity contribution in [2.24, 2.45) is 0 Å². The first-order valence-corrected chi connectivity index (χ1v) is 13.6. The predicted octanol–water partition coefficient (Wildman–Crippen LogP) is 6.29. The molecule has 0 aliphatic carbocycles. The Bertz CT molecular complexity index is 1410. The number of aliphatic hydroxyl groups excluding tert-OH is 1. The Morgan fingerprint density at radius 3 is 2.35 bits per heavy atom. The summed E-state index contributed by atoms with van der Waals surface area (Å²) in [7, 11) is 5.55. The van der Waals surface area contributed by atoms with Crippen LogP contribution in [0.1, 0.15) is 54.5 Å². The fourth-order valence-corrected chi connectivity index (χ4v) is 5.11. The molecule has 1 amide bonds. The SMILES string of the molecule is COc1cc(C)c(/C(O)=C2\C(=O)C(=O)N(CCCN(C)C)C2c2cccc(Oc3ccccc3)c2)cc1C(C)C. The maximum Gasteiger partial charge on any atom is 0.295 e. The Morgan fingerprint density at radius 2 is 1.70 bits per heavy atom. The van der Waals surface area contributed by atoms with E-state index in [1.807, 2.05) is 106 Å². The van der Waals surface area contributed by atoms with Gasteiger partial charge in [-0.25, -0.2) is 0 Å². The molecule has 0 bridgehead atoms. The minimum atomic E-state index is -0.759. The van der Waals surface area contributed by atoms with Crippen LogP contribution in [0.15, 0.2) is 72.3 Å². The number of amides is 1. The number of rotatable bonds is 10. The van der Waals surface area contributed by atoms with Crippen LogP contribution in [0.2, 0.25) is 0 Å². The number of ketones is 1. The van der Waals surface area contributed by atoms with Gasteiger partial charge in [0.15, 0.2) is 0 Å². The van der Waals surface area contributed by atoms with E-state index in [0.717, 1.165) is 23.4 Å². The van der Waals surface area contributed by atoms with Crippen molar-refractivity contribution in [2.45, 2.75) is 39.2 Å². The van der Waals surface area contributed by atoms with E-state index in [-0.39, 0.29) is 17.3 Å². The Hall–Kier alpha value is -4.10. The third-order valence-corrected chi connectivity index (χ3v) is 7.15. The molecule has 1 heterocycles. The number of ether oxygens (including phenoxy) is 2. The average Bonchev–Trinajstić information content (AvgIpc) is 3.18. The van der Waals surface area contributed by atoms with E-state index < -0.39 is 17.7 Å². The number of likely N-dealkylation sites (tertiary alicyclic amines) is 1. The summed E-state index contributed by atoms with van der Waals surface area (Å²) in [6.45, 7) is 7.06. The highest BCUT2D eigenvalue weighted by molar-refractivity contribution is 6.46. The summed E-state index contributed by atoms with van der Waals surface area (Å²) < 4.78 is 11.6. The van der Waals surface area contributed by atoms with Gasteiger partial charge in [-0.05, 0) is 93.0 Å². The monoisotopic (exact) mass is 542 g/mol. The van der Waals surface area contributed by atoms with Crippen molar-refractivity contribution in [2.75, 3.05) is 34.3 Å². The summed E-state index contributed by atoms with van der Waals surface area (Å²) in [4.78, 5) is 30.6. The molecule has 7 heteroatoms. The molecule has 1 aliphatic heterocycles. The number of carbonyl (C=O) groups is 2. The first kappa shape index (κ1) is 28.9. The van der Waals surface area contributed by atoms with Crippen LogP contribution in [-0.2, 0) is 9.59 Å². The van der Waals surface area contributed by atoms with Gasteiger partial charge in [-0.1, -0.05) is 44.2 Å². The highest BCUT2D eigenvalue weighted by Gasteiger charge is 2.46. The minimum Gasteiger partial charge on any atom is -0.507 e. The van der Waals surface area contributed by atoms with Gasteiger partial charge in [0.05, 0.1) is 18.7 Å². The second-order valence-electron chi connectivity index (χ2n) is 10.7. The number of para-hydroxylation sites is 1. The topological polar surface area (TPSA) is 79.3 Å². The Morgan fingerprint density at radius 1 is 1.00 bits per heavy atom. The number of benzene rings is 3. The van der Waals surface area contributed by atoms with Crippen LogP contribution in [0.4, 0.5) is 0 Å². The molecular formula is C33H38N2O5. The number of aryl methyl sites for hydroxylation is 1. The van der Waals surface area contributed by atoms with Crippen molar-refractivity contribution in [1.82, 2.24) is 9.80 Å². The second-order valence-corrected chi connectivity index (χ2v) is 10.7. The summed E-state index contributed by atoms with van der Waals surface area (Å²) >= 11 is 0. The van der Waals surface area contributed by atoms with Crippen LogP contribution < -0.4 is 9.47 Å². The molecule has 3 aromatic carbocycles. The highest BCUT2D eigenvalue weighted by atomic mass is 16.5. The van der Waals surface area contributed by atoms with E-state index in [4.69, 9.17) is 9.47 Å². The van der Waals surface area contributed by atoms with Crippen LogP contribution in [0.5, 0.6) is 17.2 Å². The lowest BCUT2D eigenvalue weighted by atomic mass is 9.91. The standard InChI is InChI=1S/C33H38N2O5/c1-21(2)26-20-27(22(3)18-28(26)39-6)31(36)29-30(35(33(38)32(29)37)17-11-16-34(4)5)23-12-10-15-25(19-23)40-24-13-8-7-9-14-24/h7-10,12-15,18-21,30,36H,11,16-17H2,1-6H3/b31-29+. The Kier molecular flexibility index (Phi) is 8.95. The zero-order chi connectivity index (χ0) is 29.0. The Labute approximate surface area is 236 Å². The fourth-order valence-electron chi connectivity index (χ4n) is 5.11. The molecule has 1 unspecified atom stereocenters. The summed E-state index contributed by atoms with van der Waals surface area (Å²) in [6, 6.07) is 19.7. The lowest BCUT2D eigenvalue weighted by Crippen LogP contribution is -2.32. The maximum atomic E-state index is 13.6. The number of methoxy groups -OCH3 is 1. The molecule has 210 valence electrons. The van der Waals surface area contributed by atoms with Crippen molar-refractivity contribution < 1.29 is 24.2 Å². The van der Waals surface area contributed by atoms with E-state index in [9.17, 15) is 14.7 Å². The summed E-state index contributed by atoms with van der Waals surface area (Å²) in [5.74, 6) is 0.599. The van der Waals surface area contributed by atoms with E-state index in [1.54, 1.807) is 12.0 Å². The molecule has 1 atom stereocenters. The molecule has 0 spiro atoms. The van der Waals surface area contributed by atoms with Gasteiger partial charge >= 0.3 is 0 Å². The lowest BCUT2D eigenvalue weighted by Gasteiger charge is -2.26. The molecule has 1 aliphatic rings. The number of nitrogens with zero attached hydrogens (tertiary/aromatic N) is 2. The first-order valence-electron chi connectivity index (χ1n) is 13.6. The third-order valence-electron chi connectivity index (χ3n) is 7.15. The van der Waals surface area contributed by atoms with Gasteiger partial charge < -0.3 is 24.4 Å². The summed E-state index contributed by atoms with van der Waals surface area (Å²) in [5.41, 5.74) is 2.93. The van der Waals surface area contributed by atoms with Crippen LogP contribution in [0, 0.1) is 6.92 Å². The molecule has 0 aromatic heterocycles. The third kappa shape index (κ3) is 6.05. The smallest absolute Gasteiger partial charge is 0.295 e. The molecule has 3 aromatic rings. The fraction of sp³-hybridized carbons (Fsp3) is 0.333. The van der Waals surface area contributed by atoms with Crippen LogP contribution in [0.25, 0.3) is 5.76 Å². The van der Waals surface area contributed by atoms with Crippen LogP contribution in [0.3, 0.4) is 0 Å². The summed E-state index contributed by atoms with van der Waals surface area (Å²) in [5, 5.41) is 11.7. The molecule has 0 saturated carbocycles. The van der Waals surface area contributed by atoms with Gasteiger partial charge in [-0.3, -0.25) is 9.59 Å². The number of hydrogen-bond donors (Lipinski definition) is 1. The second kappa shape index (κ2) is 12.4. The number of Topliss-reactive ketones (excluding diaryl/α,β-unsaturated/α-hetero) is 1. The van der Waals surface area contributed by atoms with Crippen molar-refractivity contribution in [3.05, 3.63) is 94.6 Å². The van der Waals surface area contributed by atoms with Crippen LogP contribution >= 0.6 is 0 Å². The van der Waals surface area contributed by atoms with Crippen LogP contribution in [-0.4, -0.2) is 60.9 Å². The number of aliphatic hydroxyl groups is 1. The largest absolute Gasteiger partial charge is 0.507 e. The maximum absolute atomic E-state index is 13.6. The summed E-state index contributed by atoms with van der Waals surface area (Å²) in [6.07, 6.45) is 0.676. The minimum absolute atomic E-state index is 0.0784. The molecule has 4 rings (SSSR count). The zero-order valence-electron chi connectivity index (χ0n) is 24.1. The van der Waals surface area contributed by atoms with Gasteiger partial charge in [0.2, 0.25) is 0 Å². The molecule has 7 nitrogen and oxygen atoms in total. The van der Waals surface area contributed by atoms with Gasteiger partial charge in [-0.2, -0.15) is 0 Å². The quantitative estimate of drug-likeness (QED) is 0.184. The molecule has 1 fully saturated rings. The van der Waals surface area contributed by atoms with E-state index >= 15 is 0 Å². The molecule has 0 radical (unpaired) electrons. The predicted molar refractivity (Wildman–Crippen MR) is 157 cm³/mol. The van der Waals surface area contributed by atoms with E-state index in [1.165, 1.54) is 0 Å². The molecule has 1 N–H and O–H groups in total. The lowest BCUT2D eigenvalue weighted by molar-refractivity contribution is -0.139. The molecular weight excluding hydrogens is 504 g/mol. The van der Waals surface area contributed by atoms with E-state index in [0.29, 0.717) is 35.6 Å². The number of carbonyl (C=O) groups excluding carboxylic acids is 2. The highest BCUT2D eigenvalue weighted by Crippen LogP contribution is 2.42.